The molecule has 0 fully saturated rings. The molecule has 2 rings (SSSR count). The molecule has 112 valence electrons. The van der Waals surface area contributed by atoms with Gasteiger partial charge in [-0.25, -0.2) is 17.6 Å². The molecule has 1 N–H and O–H groups in total. The molecule has 0 saturated heterocycles. The summed E-state index contributed by atoms with van der Waals surface area (Å²) in [5.41, 5.74) is 3.01. The Morgan fingerprint density at radius 2 is 1.29 bits per heavy atom. The van der Waals surface area contributed by atoms with Crippen molar-refractivity contribution in [3.63, 3.8) is 0 Å². The smallest absolute Gasteiger partial charge is 0.185 e. The second-order valence-corrected chi connectivity index (χ2v) is 5.07. The maximum absolute atomic E-state index is 13.6. The minimum atomic E-state index is -1.42. The van der Waals surface area contributed by atoms with Crippen LogP contribution in [0.15, 0.2) is 18.2 Å². The summed E-state index contributed by atoms with van der Waals surface area (Å²) in [7, 11) is 0. The first-order valence-electron chi connectivity index (χ1n) is 6.45. The molecule has 0 unspecified atom stereocenters. The van der Waals surface area contributed by atoms with Crippen LogP contribution in [0.3, 0.4) is 0 Å². The van der Waals surface area contributed by atoms with E-state index in [1.54, 1.807) is 0 Å². The third-order valence-corrected chi connectivity index (χ3v) is 3.39. The van der Waals surface area contributed by atoms with Gasteiger partial charge in [-0.15, -0.1) is 0 Å². The molecule has 0 aliphatic carbocycles. The van der Waals surface area contributed by atoms with Crippen LogP contribution in [0.25, 0.3) is 0 Å². The Morgan fingerprint density at radius 1 is 0.810 bits per heavy atom. The van der Waals surface area contributed by atoms with E-state index in [2.05, 4.69) is 5.32 Å². The zero-order chi connectivity index (χ0) is 15.7. The van der Waals surface area contributed by atoms with E-state index >= 15 is 0 Å². The highest BCUT2D eigenvalue weighted by molar-refractivity contribution is 5.49. The quantitative estimate of drug-likeness (QED) is 0.635. The van der Waals surface area contributed by atoms with Gasteiger partial charge >= 0.3 is 0 Å². The summed E-state index contributed by atoms with van der Waals surface area (Å²) >= 11 is 0. The number of nitrogens with one attached hydrogen (secondary N) is 1. The first-order chi connectivity index (χ1) is 9.81. The first kappa shape index (κ1) is 15.4. The molecule has 0 saturated carbocycles. The molecule has 21 heavy (non-hydrogen) atoms. The Bertz CT molecular complexity index is 646. The largest absolute Gasteiger partial charge is 0.376 e. The van der Waals surface area contributed by atoms with E-state index < -0.39 is 29.0 Å². The minimum Gasteiger partial charge on any atom is -0.376 e. The Hall–Kier alpha value is -2.04. The summed E-state index contributed by atoms with van der Waals surface area (Å²) in [4.78, 5) is 0. The fraction of sp³-hybridized carbons (Fsp3) is 0.250. The Labute approximate surface area is 120 Å². The highest BCUT2D eigenvalue weighted by Crippen LogP contribution is 2.25. The fourth-order valence-corrected chi connectivity index (χ4v) is 2.39. The van der Waals surface area contributed by atoms with Gasteiger partial charge in [-0.1, -0.05) is 17.7 Å². The Kier molecular flexibility index (Phi) is 4.21. The molecule has 2 aromatic rings. The lowest BCUT2D eigenvalue weighted by atomic mass is 10.00. The molecule has 0 amide bonds. The molecule has 0 atom stereocenters. The number of halogens is 4. The lowest BCUT2D eigenvalue weighted by Gasteiger charge is -2.14. The van der Waals surface area contributed by atoms with E-state index in [4.69, 9.17) is 0 Å². The van der Waals surface area contributed by atoms with Gasteiger partial charge in [0.25, 0.3) is 0 Å². The van der Waals surface area contributed by atoms with Crippen LogP contribution in [0.1, 0.15) is 22.3 Å². The van der Waals surface area contributed by atoms with Crippen molar-refractivity contribution in [2.24, 2.45) is 0 Å². The summed E-state index contributed by atoms with van der Waals surface area (Å²) in [6.07, 6.45) is 0. The van der Waals surface area contributed by atoms with E-state index in [9.17, 15) is 17.6 Å². The van der Waals surface area contributed by atoms with Crippen molar-refractivity contribution >= 4 is 5.69 Å². The van der Waals surface area contributed by atoms with Gasteiger partial charge in [0.2, 0.25) is 0 Å². The lowest BCUT2D eigenvalue weighted by Crippen LogP contribution is -2.09. The van der Waals surface area contributed by atoms with Crippen molar-refractivity contribution < 1.29 is 17.6 Å². The molecule has 0 bridgehead atoms. The standard InChI is InChI=1S/C16H15F4N/c1-8-4-9(2)11(10(3)5-8)7-21-16-14(19)12(17)6-13(18)15(16)20/h4-6,21H,7H2,1-3H3. The SMILES string of the molecule is Cc1cc(C)c(CNc2c(F)c(F)cc(F)c2F)c(C)c1. The molecule has 0 aromatic heterocycles. The highest BCUT2D eigenvalue weighted by atomic mass is 19.2. The van der Waals surface area contributed by atoms with Crippen molar-refractivity contribution in [1.82, 2.24) is 0 Å². The molecule has 0 heterocycles. The summed E-state index contributed by atoms with van der Waals surface area (Å²) in [5.74, 6) is -5.69. The van der Waals surface area contributed by atoms with Crippen LogP contribution in [0, 0.1) is 44.0 Å². The van der Waals surface area contributed by atoms with Crippen LogP contribution in [0.2, 0.25) is 0 Å². The zero-order valence-electron chi connectivity index (χ0n) is 12.0. The third kappa shape index (κ3) is 3.01. The van der Waals surface area contributed by atoms with Crippen LogP contribution in [0.5, 0.6) is 0 Å². The van der Waals surface area contributed by atoms with Crippen LogP contribution in [0.4, 0.5) is 23.2 Å². The predicted octanol–water partition coefficient (Wildman–Crippen LogP) is 4.78. The molecule has 0 aliphatic rings. The van der Waals surface area contributed by atoms with Crippen molar-refractivity contribution in [3.05, 3.63) is 63.7 Å². The van der Waals surface area contributed by atoms with Gasteiger partial charge in [-0.2, -0.15) is 0 Å². The number of aryl methyl sites for hydroxylation is 3. The zero-order valence-corrected chi connectivity index (χ0v) is 12.0. The van der Waals surface area contributed by atoms with Gasteiger partial charge in [0.1, 0.15) is 5.69 Å². The molecular formula is C16H15F4N. The van der Waals surface area contributed by atoms with Crippen molar-refractivity contribution in [3.8, 4) is 0 Å². The number of anilines is 1. The van der Waals surface area contributed by atoms with Gasteiger partial charge in [0.15, 0.2) is 23.3 Å². The average molecular weight is 297 g/mol. The van der Waals surface area contributed by atoms with Gasteiger partial charge in [0.05, 0.1) is 0 Å². The lowest BCUT2D eigenvalue weighted by molar-refractivity contribution is 0.458. The number of rotatable bonds is 3. The molecule has 1 nitrogen and oxygen atoms in total. The van der Waals surface area contributed by atoms with E-state index in [0.29, 0.717) is 0 Å². The number of benzene rings is 2. The molecule has 0 aliphatic heterocycles. The van der Waals surface area contributed by atoms with Crippen LogP contribution < -0.4 is 5.32 Å². The van der Waals surface area contributed by atoms with Crippen molar-refractivity contribution in [1.29, 1.82) is 0 Å². The second-order valence-electron chi connectivity index (χ2n) is 5.07. The van der Waals surface area contributed by atoms with Crippen LogP contribution >= 0.6 is 0 Å². The average Bonchev–Trinajstić information content (AvgIpc) is 2.38. The normalized spacial score (nSPS) is 10.8. The highest BCUT2D eigenvalue weighted by Gasteiger charge is 2.19. The van der Waals surface area contributed by atoms with Gasteiger partial charge < -0.3 is 5.32 Å². The Morgan fingerprint density at radius 3 is 1.76 bits per heavy atom. The molecule has 5 heteroatoms. The third-order valence-electron chi connectivity index (χ3n) is 3.39. The monoisotopic (exact) mass is 297 g/mol. The number of hydrogen-bond donors (Lipinski definition) is 1. The van der Waals surface area contributed by atoms with Gasteiger partial charge in [-0.05, 0) is 37.5 Å². The molecule has 2 aromatic carbocycles. The maximum Gasteiger partial charge on any atom is 0.185 e. The van der Waals surface area contributed by atoms with Crippen LogP contribution in [-0.4, -0.2) is 0 Å². The fourth-order valence-electron chi connectivity index (χ4n) is 2.39. The minimum absolute atomic E-state index is 0.0781. The van der Waals surface area contributed by atoms with E-state index in [1.165, 1.54) is 0 Å². The summed E-state index contributed by atoms with van der Waals surface area (Å²) in [6, 6.07) is 4.06. The van der Waals surface area contributed by atoms with E-state index in [-0.39, 0.29) is 12.6 Å². The van der Waals surface area contributed by atoms with E-state index in [1.807, 2.05) is 32.9 Å². The predicted molar refractivity (Wildman–Crippen MR) is 74.3 cm³/mol. The summed E-state index contributed by atoms with van der Waals surface area (Å²) in [6.45, 7) is 5.76. The maximum atomic E-state index is 13.6. The van der Waals surface area contributed by atoms with E-state index in [0.717, 1.165) is 22.3 Å². The first-order valence-corrected chi connectivity index (χ1v) is 6.45. The molecule has 0 radical (unpaired) electrons. The van der Waals surface area contributed by atoms with Crippen molar-refractivity contribution in [2.75, 3.05) is 5.32 Å². The second kappa shape index (κ2) is 5.76. The Balaban J connectivity index is 2.33. The topological polar surface area (TPSA) is 12.0 Å². The number of hydrogen-bond acceptors (Lipinski definition) is 1. The summed E-state index contributed by atoms with van der Waals surface area (Å²) < 4.78 is 53.4. The van der Waals surface area contributed by atoms with Gasteiger partial charge in [0, 0.05) is 12.6 Å². The van der Waals surface area contributed by atoms with Gasteiger partial charge in [-0.3, -0.25) is 0 Å². The van der Waals surface area contributed by atoms with Crippen LogP contribution in [-0.2, 0) is 6.54 Å². The molecule has 0 spiro atoms. The molecular weight excluding hydrogens is 282 g/mol. The van der Waals surface area contributed by atoms with Crippen molar-refractivity contribution in [2.45, 2.75) is 27.3 Å². The summed E-state index contributed by atoms with van der Waals surface area (Å²) in [5, 5.41) is 2.45.